The van der Waals surface area contributed by atoms with Gasteiger partial charge in [0.2, 0.25) is 0 Å². The van der Waals surface area contributed by atoms with Gasteiger partial charge in [-0.25, -0.2) is 9.18 Å². The molecular weight excluding hydrogens is 271 g/mol. The summed E-state index contributed by atoms with van der Waals surface area (Å²) < 4.78 is 13.3. The van der Waals surface area contributed by atoms with E-state index >= 15 is 0 Å². The zero-order valence-electron chi connectivity index (χ0n) is 12.8. The van der Waals surface area contributed by atoms with Crippen LogP contribution in [0.3, 0.4) is 0 Å². The number of carboxylic acids is 1. The predicted molar refractivity (Wildman–Crippen MR) is 82.6 cm³/mol. The van der Waals surface area contributed by atoms with E-state index < -0.39 is 5.97 Å². The Morgan fingerprint density at radius 3 is 2.62 bits per heavy atom. The molecule has 0 aliphatic heterocycles. The van der Waals surface area contributed by atoms with Gasteiger partial charge in [-0.1, -0.05) is 6.07 Å². The van der Waals surface area contributed by atoms with Crippen molar-refractivity contribution in [1.82, 2.24) is 9.80 Å². The van der Waals surface area contributed by atoms with Crippen molar-refractivity contribution < 1.29 is 14.3 Å². The zero-order chi connectivity index (χ0) is 15.8. The molecule has 0 saturated heterocycles. The van der Waals surface area contributed by atoms with Crippen LogP contribution in [0.25, 0.3) is 6.08 Å². The van der Waals surface area contributed by atoms with Crippen molar-refractivity contribution in [1.29, 1.82) is 0 Å². The summed E-state index contributed by atoms with van der Waals surface area (Å²) in [4.78, 5) is 14.9. The maximum absolute atomic E-state index is 13.3. The van der Waals surface area contributed by atoms with Gasteiger partial charge in [0.25, 0.3) is 0 Å². The smallest absolute Gasteiger partial charge is 0.328 e. The molecule has 4 nitrogen and oxygen atoms in total. The van der Waals surface area contributed by atoms with Gasteiger partial charge in [0.15, 0.2) is 0 Å². The van der Waals surface area contributed by atoms with Crippen LogP contribution in [0, 0.1) is 5.82 Å². The Balaban J connectivity index is 2.71. The van der Waals surface area contributed by atoms with E-state index in [1.807, 2.05) is 21.1 Å². The third-order valence-electron chi connectivity index (χ3n) is 3.10. The molecule has 21 heavy (non-hydrogen) atoms. The SMILES string of the molecule is CN(C)CCCN(C)Cc1ccc(F)cc1C=CC(=O)O. The van der Waals surface area contributed by atoms with Gasteiger partial charge in [0.1, 0.15) is 5.82 Å². The van der Waals surface area contributed by atoms with E-state index in [0.717, 1.165) is 31.1 Å². The molecule has 1 N–H and O–H groups in total. The first-order valence-electron chi connectivity index (χ1n) is 6.91. The molecule has 5 heteroatoms. The average molecular weight is 294 g/mol. The summed E-state index contributed by atoms with van der Waals surface area (Å²) in [6.07, 6.45) is 3.52. The van der Waals surface area contributed by atoms with Gasteiger partial charge in [-0.2, -0.15) is 0 Å². The van der Waals surface area contributed by atoms with Crippen LogP contribution < -0.4 is 0 Å². The van der Waals surface area contributed by atoms with Crippen molar-refractivity contribution in [2.45, 2.75) is 13.0 Å². The fourth-order valence-electron chi connectivity index (χ4n) is 2.05. The summed E-state index contributed by atoms with van der Waals surface area (Å²) in [5.41, 5.74) is 1.53. The number of hydrogen-bond donors (Lipinski definition) is 1. The molecule has 0 heterocycles. The van der Waals surface area contributed by atoms with E-state index in [1.165, 1.54) is 18.2 Å². The van der Waals surface area contributed by atoms with Crippen LogP contribution in [-0.2, 0) is 11.3 Å². The van der Waals surface area contributed by atoms with E-state index in [4.69, 9.17) is 5.11 Å². The highest BCUT2D eigenvalue weighted by Gasteiger charge is 2.06. The van der Waals surface area contributed by atoms with Gasteiger partial charge in [-0.05, 0) is 70.0 Å². The summed E-state index contributed by atoms with van der Waals surface area (Å²) in [5.74, 6) is -1.40. The van der Waals surface area contributed by atoms with E-state index in [9.17, 15) is 9.18 Å². The summed E-state index contributed by atoms with van der Waals surface area (Å²) >= 11 is 0. The van der Waals surface area contributed by atoms with Crippen LogP contribution in [0.15, 0.2) is 24.3 Å². The van der Waals surface area contributed by atoms with Crippen LogP contribution in [0.4, 0.5) is 4.39 Å². The van der Waals surface area contributed by atoms with E-state index in [2.05, 4.69) is 9.80 Å². The standard InChI is InChI=1S/C16H23FN2O2/c1-18(2)9-4-10-19(3)12-14-5-7-15(17)11-13(14)6-8-16(20)21/h5-8,11H,4,9-10,12H2,1-3H3,(H,20,21). The van der Waals surface area contributed by atoms with Crippen molar-refractivity contribution in [3.63, 3.8) is 0 Å². The van der Waals surface area contributed by atoms with Crippen molar-refractivity contribution in [2.75, 3.05) is 34.2 Å². The second-order valence-electron chi connectivity index (χ2n) is 5.41. The lowest BCUT2D eigenvalue weighted by Gasteiger charge is -2.19. The third-order valence-corrected chi connectivity index (χ3v) is 3.10. The van der Waals surface area contributed by atoms with Crippen LogP contribution in [0.1, 0.15) is 17.5 Å². The maximum atomic E-state index is 13.3. The largest absolute Gasteiger partial charge is 0.478 e. The van der Waals surface area contributed by atoms with Crippen LogP contribution in [-0.4, -0.2) is 55.1 Å². The van der Waals surface area contributed by atoms with Crippen LogP contribution in [0.5, 0.6) is 0 Å². The monoisotopic (exact) mass is 294 g/mol. The molecule has 1 aromatic rings. The number of hydrogen-bond acceptors (Lipinski definition) is 3. The number of halogens is 1. The van der Waals surface area contributed by atoms with E-state index in [-0.39, 0.29) is 5.82 Å². The summed E-state index contributed by atoms with van der Waals surface area (Å²) in [6, 6.07) is 4.48. The second-order valence-corrected chi connectivity index (χ2v) is 5.41. The highest BCUT2D eigenvalue weighted by molar-refractivity contribution is 5.85. The first-order valence-corrected chi connectivity index (χ1v) is 6.91. The minimum Gasteiger partial charge on any atom is -0.478 e. The minimum absolute atomic E-state index is 0.362. The Morgan fingerprint density at radius 2 is 2.00 bits per heavy atom. The number of carbonyl (C=O) groups is 1. The van der Waals surface area contributed by atoms with Gasteiger partial charge in [-0.3, -0.25) is 0 Å². The topological polar surface area (TPSA) is 43.8 Å². The van der Waals surface area contributed by atoms with Crippen molar-refractivity contribution >= 4 is 12.0 Å². The van der Waals surface area contributed by atoms with Gasteiger partial charge in [0.05, 0.1) is 0 Å². The molecule has 0 aliphatic rings. The summed E-state index contributed by atoms with van der Waals surface area (Å²) in [5, 5.41) is 8.69. The fourth-order valence-corrected chi connectivity index (χ4v) is 2.05. The van der Waals surface area contributed by atoms with E-state index in [0.29, 0.717) is 12.1 Å². The molecule has 0 amide bonds. The average Bonchev–Trinajstić information content (AvgIpc) is 2.38. The lowest BCUT2D eigenvalue weighted by atomic mass is 10.1. The Bertz CT molecular complexity index is 501. The molecule has 0 atom stereocenters. The lowest BCUT2D eigenvalue weighted by molar-refractivity contribution is -0.131. The van der Waals surface area contributed by atoms with Crippen LogP contribution >= 0.6 is 0 Å². The van der Waals surface area contributed by atoms with E-state index in [1.54, 1.807) is 6.07 Å². The van der Waals surface area contributed by atoms with Gasteiger partial charge in [-0.15, -0.1) is 0 Å². The van der Waals surface area contributed by atoms with Crippen LogP contribution in [0.2, 0.25) is 0 Å². The second kappa shape index (κ2) is 8.54. The van der Waals surface area contributed by atoms with Crippen molar-refractivity contribution in [3.8, 4) is 0 Å². The lowest BCUT2D eigenvalue weighted by Crippen LogP contribution is -2.23. The number of nitrogens with zero attached hydrogens (tertiary/aromatic N) is 2. The number of aliphatic carboxylic acids is 1. The normalized spacial score (nSPS) is 11.7. The molecule has 116 valence electrons. The van der Waals surface area contributed by atoms with Crippen molar-refractivity contribution in [3.05, 3.63) is 41.2 Å². The number of benzene rings is 1. The third kappa shape index (κ3) is 7.02. The fraction of sp³-hybridized carbons (Fsp3) is 0.438. The molecule has 0 saturated carbocycles. The molecule has 1 aromatic carbocycles. The first-order chi connectivity index (χ1) is 9.88. The molecule has 0 unspecified atom stereocenters. The summed E-state index contributed by atoms with van der Waals surface area (Å²) in [7, 11) is 6.08. The Kier molecular flexibility index (Phi) is 7.05. The van der Waals surface area contributed by atoms with Gasteiger partial charge < -0.3 is 14.9 Å². The molecule has 0 fully saturated rings. The Hall–Kier alpha value is -1.72. The molecular formula is C16H23FN2O2. The predicted octanol–water partition coefficient (Wildman–Crippen LogP) is 2.31. The number of carboxylic acid groups (broad SMARTS) is 1. The Labute approximate surface area is 125 Å². The minimum atomic E-state index is -1.04. The van der Waals surface area contributed by atoms with Gasteiger partial charge in [0, 0.05) is 12.6 Å². The zero-order valence-corrected chi connectivity index (χ0v) is 12.8. The number of rotatable bonds is 8. The molecule has 0 aliphatic carbocycles. The molecule has 0 aromatic heterocycles. The highest BCUT2D eigenvalue weighted by Crippen LogP contribution is 2.15. The first kappa shape index (κ1) is 17.3. The quantitative estimate of drug-likeness (QED) is 0.747. The Morgan fingerprint density at radius 1 is 1.29 bits per heavy atom. The molecule has 1 rings (SSSR count). The highest BCUT2D eigenvalue weighted by atomic mass is 19.1. The summed E-state index contributed by atoms with van der Waals surface area (Å²) in [6.45, 7) is 2.60. The van der Waals surface area contributed by atoms with Gasteiger partial charge >= 0.3 is 5.97 Å². The molecule has 0 spiro atoms. The maximum Gasteiger partial charge on any atom is 0.328 e. The molecule has 0 radical (unpaired) electrons. The van der Waals surface area contributed by atoms with Crippen molar-refractivity contribution in [2.24, 2.45) is 0 Å². The molecule has 0 bridgehead atoms.